The highest BCUT2D eigenvalue weighted by Crippen LogP contribution is 2.29. The maximum atomic E-state index is 11.9. The molecular formula is C15H23ClN2O2. The number of carbonyl (C=O) groups is 1. The van der Waals surface area contributed by atoms with Crippen LogP contribution >= 0.6 is 11.6 Å². The Hall–Kier alpha value is -1.26. The Balaban J connectivity index is 2.61. The molecule has 5 heteroatoms. The van der Waals surface area contributed by atoms with E-state index in [0.29, 0.717) is 29.8 Å². The van der Waals surface area contributed by atoms with E-state index in [9.17, 15) is 4.79 Å². The van der Waals surface area contributed by atoms with E-state index in [4.69, 9.17) is 22.1 Å². The molecule has 112 valence electrons. The molecule has 0 saturated heterocycles. The number of halogens is 1. The maximum Gasteiger partial charge on any atom is 0.260 e. The molecular weight excluding hydrogens is 276 g/mol. The number of ether oxygens (including phenoxy) is 1. The Kier molecular flexibility index (Phi) is 6.82. The van der Waals surface area contributed by atoms with Gasteiger partial charge in [-0.15, -0.1) is 0 Å². The summed E-state index contributed by atoms with van der Waals surface area (Å²) < 4.78 is 5.66. The van der Waals surface area contributed by atoms with Gasteiger partial charge in [0, 0.05) is 18.7 Å². The molecule has 0 fully saturated rings. The highest BCUT2D eigenvalue weighted by atomic mass is 35.5. The molecule has 20 heavy (non-hydrogen) atoms. The van der Waals surface area contributed by atoms with Crippen LogP contribution in [0, 0.1) is 5.92 Å². The van der Waals surface area contributed by atoms with Crippen LogP contribution in [0.1, 0.15) is 32.8 Å². The zero-order valence-electron chi connectivity index (χ0n) is 12.3. The maximum absolute atomic E-state index is 11.9. The summed E-state index contributed by atoms with van der Waals surface area (Å²) in [4.78, 5) is 11.9. The summed E-state index contributed by atoms with van der Waals surface area (Å²) in [6.45, 7) is 6.90. The minimum Gasteiger partial charge on any atom is -0.479 e. The van der Waals surface area contributed by atoms with Crippen molar-refractivity contribution in [2.24, 2.45) is 11.7 Å². The Morgan fingerprint density at radius 2 is 2.10 bits per heavy atom. The van der Waals surface area contributed by atoms with Crippen molar-refractivity contribution in [2.45, 2.75) is 39.8 Å². The first kappa shape index (κ1) is 16.8. The highest BCUT2D eigenvalue weighted by Gasteiger charge is 2.17. The van der Waals surface area contributed by atoms with Crippen LogP contribution < -0.4 is 15.8 Å². The van der Waals surface area contributed by atoms with E-state index >= 15 is 0 Å². The van der Waals surface area contributed by atoms with Gasteiger partial charge in [-0.1, -0.05) is 37.6 Å². The van der Waals surface area contributed by atoms with Crippen LogP contribution in [0.3, 0.4) is 0 Å². The molecule has 0 spiro atoms. The first-order valence-electron chi connectivity index (χ1n) is 6.87. The number of hydrogen-bond acceptors (Lipinski definition) is 3. The van der Waals surface area contributed by atoms with Gasteiger partial charge in [-0.2, -0.15) is 0 Å². The second kappa shape index (κ2) is 8.12. The molecule has 0 aromatic heterocycles. The molecule has 1 aromatic rings. The van der Waals surface area contributed by atoms with Crippen LogP contribution in [0.15, 0.2) is 18.2 Å². The van der Waals surface area contributed by atoms with Gasteiger partial charge in [0.15, 0.2) is 6.10 Å². The van der Waals surface area contributed by atoms with Crippen LogP contribution in [0.2, 0.25) is 5.02 Å². The zero-order chi connectivity index (χ0) is 15.1. The third-order valence-corrected chi connectivity index (χ3v) is 3.25. The number of hydrogen-bond donors (Lipinski definition) is 2. The monoisotopic (exact) mass is 298 g/mol. The molecule has 0 aliphatic carbocycles. The first-order chi connectivity index (χ1) is 9.45. The quantitative estimate of drug-likeness (QED) is 0.813. The number of benzene rings is 1. The van der Waals surface area contributed by atoms with Crippen molar-refractivity contribution in [3.8, 4) is 5.75 Å². The van der Waals surface area contributed by atoms with Crippen molar-refractivity contribution >= 4 is 17.5 Å². The molecule has 0 saturated carbocycles. The summed E-state index contributed by atoms with van der Waals surface area (Å²) in [6.07, 6.45) is 0.339. The fraction of sp³-hybridized carbons (Fsp3) is 0.533. The third kappa shape index (κ3) is 5.02. The lowest BCUT2D eigenvalue weighted by Gasteiger charge is -2.18. The molecule has 0 aliphatic heterocycles. The first-order valence-corrected chi connectivity index (χ1v) is 7.25. The number of para-hydroxylation sites is 1. The summed E-state index contributed by atoms with van der Waals surface area (Å²) in [5.41, 5.74) is 6.44. The Morgan fingerprint density at radius 3 is 2.70 bits per heavy atom. The summed E-state index contributed by atoms with van der Waals surface area (Å²) in [5, 5.41) is 3.32. The van der Waals surface area contributed by atoms with E-state index in [-0.39, 0.29) is 5.91 Å². The largest absolute Gasteiger partial charge is 0.479 e. The summed E-state index contributed by atoms with van der Waals surface area (Å²) >= 11 is 6.09. The van der Waals surface area contributed by atoms with Gasteiger partial charge < -0.3 is 15.8 Å². The number of nitrogens with two attached hydrogens (primary N) is 1. The summed E-state index contributed by atoms with van der Waals surface area (Å²) in [6, 6.07) is 5.37. The minimum atomic E-state index is -0.604. The van der Waals surface area contributed by atoms with Gasteiger partial charge in [0.1, 0.15) is 5.75 Å². The van der Waals surface area contributed by atoms with Crippen LogP contribution in [0.4, 0.5) is 0 Å². The van der Waals surface area contributed by atoms with Gasteiger partial charge in [-0.05, 0) is 25.3 Å². The van der Waals surface area contributed by atoms with E-state index < -0.39 is 6.10 Å². The van der Waals surface area contributed by atoms with Crippen LogP contribution in [-0.4, -0.2) is 18.6 Å². The molecule has 1 aromatic carbocycles. The van der Waals surface area contributed by atoms with Crippen LogP contribution in [-0.2, 0) is 11.3 Å². The SMILES string of the molecule is CC(C)CCNC(=O)C(C)Oc1c(Cl)cccc1CN. The zero-order valence-corrected chi connectivity index (χ0v) is 13.0. The Labute approximate surface area is 125 Å². The van der Waals surface area contributed by atoms with E-state index in [1.54, 1.807) is 13.0 Å². The van der Waals surface area contributed by atoms with Crippen LogP contribution in [0.5, 0.6) is 5.75 Å². The molecule has 3 N–H and O–H groups in total. The molecule has 1 atom stereocenters. The number of carbonyl (C=O) groups excluding carboxylic acids is 1. The average molecular weight is 299 g/mol. The lowest BCUT2D eigenvalue weighted by Crippen LogP contribution is -2.37. The lowest BCUT2D eigenvalue weighted by molar-refractivity contribution is -0.127. The van der Waals surface area contributed by atoms with Crippen molar-refractivity contribution in [1.29, 1.82) is 0 Å². The van der Waals surface area contributed by atoms with Crippen molar-refractivity contribution in [3.05, 3.63) is 28.8 Å². The average Bonchev–Trinajstić information content (AvgIpc) is 2.40. The van der Waals surface area contributed by atoms with Crippen molar-refractivity contribution in [3.63, 3.8) is 0 Å². The van der Waals surface area contributed by atoms with E-state index in [2.05, 4.69) is 19.2 Å². The second-order valence-electron chi connectivity index (χ2n) is 5.17. The van der Waals surface area contributed by atoms with Crippen molar-refractivity contribution < 1.29 is 9.53 Å². The topological polar surface area (TPSA) is 64.3 Å². The van der Waals surface area contributed by atoms with Crippen LogP contribution in [0.25, 0.3) is 0 Å². The van der Waals surface area contributed by atoms with Gasteiger partial charge in [-0.3, -0.25) is 4.79 Å². The Morgan fingerprint density at radius 1 is 1.40 bits per heavy atom. The van der Waals surface area contributed by atoms with Gasteiger partial charge >= 0.3 is 0 Å². The smallest absolute Gasteiger partial charge is 0.260 e. The number of rotatable bonds is 7. The predicted molar refractivity (Wildman–Crippen MR) is 81.9 cm³/mol. The van der Waals surface area contributed by atoms with Gasteiger partial charge in [-0.25, -0.2) is 0 Å². The van der Waals surface area contributed by atoms with E-state index in [1.807, 2.05) is 12.1 Å². The Bertz CT molecular complexity index is 449. The molecule has 1 unspecified atom stereocenters. The number of nitrogens with one attached hydrogen (secondary N) is 1. The number of amides is 1. The molecule has 0 heterocycles. The normalized spacial score (nSPS) is 12.3. The molecule has 0 aliphatic rings. The van der Waals surface area contributed by atoms with Gasteiger partial charge in [0.2, 0.25) is 0 Å². The van der Waals surface area contributed by atoms with E-state index in [0.717, 1.165) is 12.0 Å². The molecule has 0 radical (unpaired) electrons. The third-order valence-electron chi connectivity index (χ3n) is 2.95. The highest BCUT2D eigenvalue weighted by molar-refractivity contribution is 6.32. The second-order valence-corrected chi connectivity index (χ2v) is 5.57. The standard InChI is InChI=1S/C15H23ClN2O2/c1-10(2)7-8-18-15(19)11(3)20-14-12(9-17)5-4-6-13(14)16/h4-6,10-11H,7-9,17H2,1-3H3,(H,18,19). The fourth-order valence-corrected chi connectivity index (χ4v) is 1.94. The van der Waals surface area contributed by atoms with Gasteiger partial charge in [0.25, 0.3) is 5.91 Å². The summed E-state index contributed by atoms with van der Waals surface area (Å²) in [5.74, 6) is 0.899. The minimum absolute atomic E-state index is 0.145. The van der Waals surface area contributed by atoms with Crippen molar-refractivity contribution in [2.75, 3.05) is 6.54 Å². The molecule has 4 nitrogen and oxygen atoms in total. The van der Waals surface area contributed by atoms with Crippen molar-refractivity contribution in [1.82, 2.24) is 5.32 Å². The van der Waals surface area contributed by atoms with Gasteiger partial charge in [0.05, 0.1) is 5.02 Å². The molecule has 1 amide bonds. The van der Waals surface area contributed by atoms with E-state index in [1.165, 1.54) is 0 Å². The predicted octanol–water partition coefficient (Wildman–Crippen LogP) is 2.73. The molecule has 1 rings (SSSR count). The summed E-state index contributed by atoms with van der Waals surface area (Å²) in [7, 11) is 0. The fourth-order valence-electron chi connectivity index (χ4n) is 1.70. The lowest BCUT2D eigenvalue weighted by atomic mass is 10.1. The molecule has 0 bridgehead atoms.